The average molecular weight is 328 g/mol. The highest BCUT2D eigenvalue weighted by atomic mass is 16.5. The second-order valence-corrected chi connectivity index (χ2v) is 4.77. The van der Waals surface area contributed by atoms with Gasteiger partial charge in [-0.2, -0.15) is 5.10 Å². The van der Waals surface area contributed by atoms with Crippen LogP contribution in [0.25, 0.3) is 0 Å². The number of nitrogens with zero attached hydrogens (tertiary/aromatic N) is 1. The zero-order valence-corrected chi connectivity index (χ0v) is 13.9. The lowest BCUT2D eigenvalue weighted by atomic mass is 10.2. The summed E-state index contributed by atoms with van der Waals surface area (Å²) in [6.07, 6.45) is 1.54. The second kappa shape index (κ2) is 8.57. The first-order chi connectivity index (χ1) is 11.7. The first kappa shape index (κ1) is 17.3. The summed E-state index contributed by atoms with van der Waals surface area (Å²) in [6.45, 7) is 2.49. The number of hydrazone groups is 1. The molecule has 0 fully saturated rings. The third-order valence-corrected chi connectivity index (χ3v) is 3.21. The molecule has 0 bridgehead atoms. The van der Waals surface area contributed by atoms with E-state index < -0.39 is 0 Å². The third kappa shape index (κ3) is 4.49. The lowest BCUT2D eigenvalue weighted by Gasteiger charge is -2.07. The highest BCUT2D eigenvalue weighted by molar-refractivity contribution is 5.95. The fourth-order valence-corrected chi connectivity index (χ4v) is 2.03. The molecule has 6 nitrogen and oxygen atoms in total. The Kier molecular flexibility index (Phi) is 6.19. The van der Waals surface area contributed by atoms with Gasteiger partial charge < -0.3 is 14.2 Å². The molecule has 24 heavy (non-hydrogen) atoms. The van der Waals surface area contributed by atoms with E-state index in [4.69, 9.17) is 14.2 Å². The van der Waals surface area contributed by atoms with E-state index in [-0.39, 0.29) is 5.91 Å². The molecule has 0 unspecified atom stereocenters. The number of nitrogens with one attached hydrogen (secondary N) is 1. The van der Waals surface area contributed by atoms with E-state index in [0.29, 0.717) is 23.7 Å². The van der Waals surface area contributed by atoms with Crippen LogP contribution in [0.3, 0.4) is 0 Å². The van der Waals surface area contributed by atoms with Gasteiger partial charge in [0.05, 0.1) is 27.0 Å². The monoisotopic (exact) mass is 328 g/mol. The van der Waals surface area contributed by atoms with Gasteiger partial charge in [-0.05, 0) is 55.0 Å². The molecule has 126 valence electrons. The van der Waals surface area contributed by atoms with Crippen molar-refractivity contribution in [1.82, 2.24) is 5.43 Å². The van der Waals surface area contributed by atoms with Crippen LogP contribution in [0.15, 0.2) is 47.6 Å². The van der Waals surface area contributed by atoms with Gasteiger partial charge in [-0.3, -0.25) is 4.79 Å². The number of rotatable bonds is 7. The Morgan fingerprint density at radius 2 is 1.79 bits per heavy atom. The molecule has 2 aromatic rings. The summed E-state index contributed by atoms with van der Waals surface area (Å²) in [4.78, 5) is 12.0. The number of hydrogen-bond donors (Lipinski definition) is 1. The van der Waals surface area contributed by atoms with Gasteiger partial charge in [0.1, 0.15) is 5.75 Å². The van der Waals surface area contributed by atoms with Crippen LogP contribution >= 0.6 is 0 Å². The second-order valence-electron chi connectivity index (χ2n) is 4.77. The maximum absolute atomic E-state index is 12.0. The number of benzene rings is 2. The summed E-state index contributed by atoms with van der Waals surface area (Å²) in [6, 6.07) is 12.2. The lowest BCUT2D eigenvalue weighted by Crippen LogP contribution is -2.17. The smallest absolute Gasteiger partial charge is 0.271 e. The molecule has 2 aromatic carbocycles. The lowest BCUT2D eigenvalue weighted by molar-refractivity contribution is 0.0955. The molecule has 0 saturated heterocycles. The van der Waals surface area contributed by atoms with Gasteiger partial charge in [-0.25, -0.2) is 5.43 Å². The zero-order chi connectivity index (χ0) is 17.4. The molecule has 0 atom stereocenters. The van der Waals surface area contributed by atoms with Gasteiger partial charge in [-0.15, -0.1) is 0 Å². The van der Waals surface area contributed by atoms with E-state index in [0.717, 1.165) is 11.3 Å². The van der Waals surface area contributed by atoms with E-state index in [1.807, 2.05) is 13.0 Å². The maximum Gasteiger partial charge on any atom is 0.271 e. The molecule has 0 aromatic heterocycles. The van der Waals surface area contributed by atoms with E-state index >= 15 is 0 Å². The largest absolute Gasteiger partial charge is 0.494 e. The van der Waals surface area contributed by atoms with Gasteiger partial charge in [0, 0.05) is 5.56 Å². The molecule has 6 heteroatoms. The Hall–Kier alpha value is -3.02. The zero-order valence-electron chi connectivity index (χ0n) is 13.9. The molecule has 2 rings (SSSR count). The van der Waals surface area contributed by atoms with E-state index in [1.54, 1.807) is 50.6 Å². The van der Waals surface area contributed by atoms with E-state index in [9.17, 15) is 4.79 Å². The summed E-state index contributed by atoms with van der Waals surface area (Å²) in [5.41, 5.74) is 3.76. The van der Waals surface area contributed by atoms with Crippen LogP contribution < -0.4 is 19.6 Å². The molecule has 0 radical (unpaired) electrons. The van der Waals surface area contributed by atoms with Crippen LogP contribution in [0.4, 0.5) is 0 Å². The Balaban J connectivity index is 1.99. The number of carbonyl (C=O) groups excluding carboxylic acids is 1. The summed E-state index contributed by atoms with van der Waals surface area (Å²) < 4.78 is 15.7. The van der Waals surface area contributed by atoms with Crippen molar-refractivity contribution >= 4 is 12.1 Å². The van der Waals surface area contributed by atoms with Crippen LogP contribution in [0.2, 0.25) is 0 Å². The van der Waals surface area contributed by atoms with E-state index in [2.05, 4.69) is 10.5 Å². The van der Waals surface area contributed by atoms with Crippen LogP contribution in [-0.2, 0) is 0 Å². The predicted molar refractivity (Wildman–Crippen MR) is 92.2 cm³/mol. The van der Waals surface area contributed by atoms with Gasteiger partial charge in [0.25, 0.3) is 5.91 Å². The Labute approximate surface area is 141 Å². The highest BCUT2D eigenvalue weighted by Crippen LogP contribution is 2.26. The van der Waals surface area contributed by atoms with Crippen molar-refractivity contribution in [1.29, 1.82) is 0 Å². The third-order valence-electron chi connectivity index (χ3n) is 3.21. The van der Waals surface area contributed by atoms with Crippen molar-refractivity contribution in [2.24, 2.45) is 5.10 Å². The number of amides is 1. The van der Waals surface area contributed by atoms with Gasteiger partial charge in [0.2, 0.25) is 0 Å². The standard InChI is InChI=1S/C18H20N2O4/c1-4-24-15-8-6-14(7-9-15)18(21)20-19-12-13-5-10-16(22-2)17(11-13)23-3/h5-12H,4H2,1-3H3,(H,20,21). The number of methoxy groups -OCH3 is 2. The molecule has 0 aliphatic carbocycles. The summed E-state index contributed by atoms with van der Waals surface area (Å²) in [5, 5.41) is 3.96. The van der Waals surface area contributed by atoms with Crippen molar-refractivity contribution in [2.75, 3.05) is 20.8 Å². The average Bonchev–Trinajstić information content (AvgIpc) is 2.62. The number of carbonyl (C=O) groups is 1. The molecule has 0 saturated carbocycles. The molecule has 0 spiro atoms. The number of hydrogen-bond acceptors (Lipinski definition) is 5. The van der Waals surface area contributed by atoms with Crippen LogP contribution in [0, 0.1) is 0 Å². The van der Waals surface area contributed by atoms with Crippen molar-refractivity contribution in [2.45, 2.75) is 6.92 Å². The predicted octanol–water partition coefficient (Wildman–Crippen LogP) is 2.87. The van der Waals surface area contributed by atoms with Crippen molar-refractivity contribution in [3.63, 3.8) is 0 Å². The van der Waals surface area contributed by atoms with E-state index in [1.165, 1.54) is 6.21 Å². The quantitative estimate of drug-likeness (QED) is 0.627. The first-order valence-electron chi connectivity index (χ1n) is 7.46. The molecular formula is C18H20N2O4. The SMILES string of the molecule is CCOc1ccc(C(=O)NN=Cc2ccc(OC)c(OC)c2)cc1. The Morgan fingerprint density at radius 1 is 1.08 bits per heavy atom. The summed E-state index contributed by atoms with van der Waals surface area (Å²) >= 11 is 0. The van der Waals surface area contributed by atoms with Gasteiger partial charge in [-0.1, -0.05) is 0 Å². The van der Waals surface area contributed by atoms with Crippen molar-refractivity contribution in [3.8, 4) is 17.2 Å². The van der Waals surface area contributed by atoms with Crippen molar-refractivity contribution < 1.29 is 19.0 Å². The van der Waals surface area contributed by atoms with Crippen LogP contribution in [0.5, 0.6) is 17.2 Å². The minimum Gasteiger partial charge on any atom is -0.494 e. The number of ether oxygens (including phenoxy) is 3. The van der Waals surface area contributed by atoms with Gasteiger partial charge in [0.15, 0.2) is 11.5 Å². The summed E-state index contributed by atoms with van der Waals surface area (Å²) in [7, 11) is 3.13. The van der Waals surface area contributed by atoms with Gasteiger partial charge >= 0.3 is 0 Å². The fraction of sp³-hybridized carbons (Fsp3) is 0.222. The molecule has 0 heterocycles. The minimum atomic E-state index is -0.297. The Bertz CT molecular complexity index is 711. The summed E-state index contributed by atoms with van der Waals surface area (Å²) in [5.74, 6) is 1.66. The fourth-order valence-electron chi connectivity index (χ4n) is 2.03. The van der Waals surface area contributed by atoms with Crippen LogP contribution in [-0.4, -0.2) is 32.9 Å². The molecule has 1 N–H and O–H groups in total. The molecule has 0 aliphatic heterocycles. The molecule has 1 amide bonds. The first-order valence-corrected chi connectivity index (χ1v) is 7.46. The molecular weight excluding hydrogens is 308 g/mol. The Morgan fingerprint density at radius 3 is 2.42 bits per heavy atom. The maximum atomic E-state index is 12.0. The molecule has 0 aliphatic rings. The van der Waals surface area contributed by atoms with Crippen molar-refractivity contribution in [3.05, 3.63) is 53.6 Å². The minimum absolute atomic E-state index is 0.297. The normalized spacial score (nSPS) is 10.5. The highest BCUT2D eigenvalue weighted by Gasteiger charge is 2.05. The van der Waals surface area contributed by atoms with Crippen LogP contribution in [0.1, 0.15) is 22.8 Å². The topological polar surface area (TPSA) is 69.2 Å².